The number of halogens is 3. The van der Waals surface area contributed by atoms with Crippen LogP contribution in [0.2, 0.25) is 0 Å². The monoisotopic (exact) mass is 616 g/mol. The lowest BCUT2D eigenvalue weighted by Gasteiger charge is -2.33. The van der Waals surface area contributed by atoms with Crippen LogP contribution in [0.25, 0.3) is 33.8 Å². The molecule has 2 N–H and O–H groups in total. The lowest BCUT2D eigenvalue weighted by Crippen LogP contribution is -2.48. The van der Waals surface area contributed by atoms with E-state index in [4.69, 9.17) is 20.9 Å². The van der Waals surface area contributed by atoms with Crippen LogP contribution in [-0.4, -0.2) is 88.3 Å². The Kier molecular flexibility index (Phi) is 6.65. The first kappa shape index (κ1) is 28.2. The van der Waals surface area contributed by atoms with Crippen LogP contribution in [0.5, 0.6) is 5.75 Å². The van der Waals surface area contributed by atoms with Crippen LogP contribution in [0.4, 0.5) is 13.2 Å². The molecule has 1 aromatic heterocycles. The summed E-state index contributed by atoms with van der Waals surface area (Å²) in [4.78, 5) is 9.08. The van der Waals surface area contributed by atoms with Crippen LogP contribution >= 0.6 is 0 Å². The Balaban J connectivity index is 1.33. The van der Waals surface area contributed by atoms with Gasteiger partial charge in [0.05, 0.1) is 39.9 Å². The molecule has 6 heterocycles. The van der Waals surface area contributed by atoms with Crippen molar-refractivity contribution in [3.63, 3.8) is 0 Å². The number of phenols is 1. The Morgan fingerprint density at radius 1 is 1.20 bits per heavy atom. The predicted molar refractivity (Wildman–Crippen MR) is 161 cm³/mol. The fourth-order valence-electron chi connectivity index (χ4n) is 7.76. The third-order valence-corrected chi connectivity index (χ3v) is 9.81. The first-order valence-corrected chi connectivity index (χ1v) is 15.3. The zero-order chi connectivity index (χ0) is 30.9. The summed E-state index contributed by atoms with van der Waals surface area (Å²) in [5.41, 5.74) is 0.339. The highest BCUT2D eigenvalue weighted by molar-refractivity contribution is 6.01. The summed E-state index contributed by atoms with van der Waals surface area (Å²) < 4.78 is 58.1. The third-order valence-electron chi connectivity index (χ3n) is 9.81. The van der Waals surface area contributed by atoms with Crippen LogP contribution in [0.1, 0.15) is 36.9 Å². The van der Waals surface area contributed by atoms with Gasteiger partial charge in [-0.25, -0.2) is 8.78 Å². The summed E-state index contributed by atoms with van der Waals surface area (Å²) >= 11 is 0. The topological polar surface area (TPSA) is 95.3 Å². The van der Waals surface area contributed by atoms with E-state index >= 15 is 4.39 Å². The number of terminal acetylenes is 1. The Bertz CT molecular complexity index is 1940. The van der Waals surface area contributed by atoms with Gasteiger partial charge in [-0.1, -0.05) is 12.0 Å². The molecule has 0 bridgehead atoms. The number of nitrogens with one attached hydrogen (secondary N) is 1. The number of hydrogen-bond acceptors (Lipinski definition) is 9. The smallest absolute Gasteiger partial charge is 0.297 e. The maximum Gasteiger partial charge on any atom is 0.297 e. The highest BCUT2D eigenvalue weighted by Crippen LogP contribution is 2.40. The van der Waals surface area contributed by atoms with E-state index in [1.165, 1.54) is 24.3 Å². The molecule has 5 aliphatic heterocycles. The predicted octanol–water partition coefficient (Wildman–Crippen LogP) is 2.42. The van der Waals surface area contributed by atoms with Gasteiger partial charge < -0.3 is 19.5 Å². The molecule has 0 spiro atoms. The second-order valence-electron chi connectivity index (χ2n) is 12.4. The van der Waals surface area contributed by atoms with Crippen LogP contribution in [0.15, 0.2) is 29.3 Å². The van der Waals surface area contributed by atoms with Crippen molar-refractivity contribution in [1.29, 1.82) is 0 Å². The molecule has 3 saturated heterocycles. The van der Waals surface area contributed by atoms with E-state index in [1.807, 2.05) is 0 Å². The maximum absolute atomic E-state index is 16.7. The van der Waals surface area contributed by atoms with Crippen molar-refractivity contribution in [2.24, 2.45) is 4.99 Å². The van der Waals surface area contributed by atoms with Gasteiger partial charge in [0.1, 0.15) is 35.9 Å². The average Bonchev–Trinajstić information content (AvgIpc) is 3.73. The van der Waals surface area contributed by atoms with Gasteiger partial charge >= 0.3 is 0 Å². The molecule has 9 nitrogen and oxygen atoms in total. The number of benzene rings is 2. The second kappa shape index (κ2) is 10.6. The van der Waals surface area contributed by atoms with E-state index in [1.54, 1.807) is 0 Å². The normalized spacial score (nSPS) is 25.9. The summed E-state index contributed by atoms with van der Waals surface area (Å²) in [7, 11) is 0. The van der Waals surface area contributed by atoms with Crippen molar-refractivity contribution in [2.75, 3.05) is 39.5 Å². The zero-order valence-corrected chi connectivity index (χ0v) is 24.5. The minimum absolute atomic E-state index is 0.00133. The zero-order valence-electron chi connectivity index (χ0n) is 24.5. The molecule has 12 heteroatoms. The minimum Gasteiger partial charge on any atom is -0.508 e. The molecule has 0 amide bonds. The summed E-state index contributed by atoms with van der Waals surface area (Å²) in [5, 5.41) is 23.6. The van der Waals surface area contributed by atoms with E-state index in [9.17, 15) is 13.9 Å². The van der Waals surface area contributed by atoms with Crippen molar-refractivity contribution in [3.05, 3.63) is 51.8 Å². The SMILES string of the molecule is C#Cc1c(F)ccc2cc(O)cc(-c3nnc4c5c3=C(F)NC(OC[C@@]36CCCN3C[C@H](F)C6)=NC=5N(C3CCOC3)CC4)c12. The number of fused-ring (bicyclic) bond motifs is 2. The van der Waals surface area contributed by atoms with Crippen molar-refractivity contribution in [3.8, 4) is 29.4 Å². The molecule has 2 aromatic carbocycles. The maximum atomic E-state index is 16.7. The molecule has 5 aliphatic rings. The van der Waals surface area contributed by atoms with Crippen molar-refractivity contribution in [1.82, 2.24) is 25.3 Å². The van der Waals surface area contributed by atoms with Crippen LogP contribution in [-0.2, 0) is 15.9 Å². The highest BCUT2D eigenvalue weighted by Gasteiger charge is 2.49. The molecule has 3 atom stereocenters. The third kappa shape index (κ3) is 4.51. The Morgan fingerprint density at radius 2 is 2.09 bits per heavy atom. The molecule has 0 saturated carbocycles. The fourth-order valence-corrected chi connectivity index (χ4v) is 7.76. The number of aromatic nitrogens is 2. The average molecular weight is 617 g/mol. The van der Waals surface area contributed by atoms with E-state index in [0.29, 0.717) is 66.7 Å². The summed E-state index contributed by atoms with van der Waals surface area (Å²) in [6, 6.07) is 5.53. The molecule has 3 fully saturated rings. The number of alkyl halides is 1. The lowest BCUT2D eigenvalue weighted by molar-refractivity contribution is 0.104. The van der Waals surface area contributed by atoms with Crippen molar-refractivity contribution in [2.45, 2.75) is 49.9 Å². The number of amidine groups is 1. The van der Waals surface area contributed by atoms with E-state index in [0.717, 1.165) is 25.8 Å². The van der Waals surface area contributed by atoms with Gasteiger partial charge in [-0.15, -0.1) is 11.5 Å². The highest BCUT2D eigenvalue weighted by atomic mass is 19.1. The first-order valence-electron chi connectivity index (χ1n) is 15.3. The molecule has 1 unspecified atom stereocenters. The van der Waals surface area contributed by atoms with E-state index in [-0.39, 0.29) is 46.5 Å². The fraction of sp³-hybridized carbons (Fsp3) is 0.424. The summed E-state index contributed by atoms with van der Waals surface area (Å²) in [6.45, 7) is 2.96. The molecule has 45 heavy (non-hydrogen) atoms. The molecular formula is C33H31F3N6O3. The standard InChI is InChI=1S/C33H31F3N6O3/c1-2-22-24(35)5-4-18-12-21(43)13-23(26(18)22)29-28-27-25(39-40-29)6-10-42(20-7-11-44-16-20)31(27)38-32(37-30(28)36)45-17-33-8-3-9-41(33)15-19(34)14-33/h1,4-5,12-13,19-20,43H,3,6-11,14-17H2,(H,37,38)/t19-,20?,33+/m1/s1. The number of rotatable bonds is 4. The molecule has 8 rings (SSSR count). The first-order chi connectivity index (χ1) is 21.8. The second-order valence-corrected chi connectivity index (χ2v) is 12.4. The Hall–Kier alpha value is -4.34. The molecule has 3 aromatic rings. The number of phenolic OH excluding ortho intramolecular Hbond substituents is 1. The van der Waals surface area contributed by atoms with Crippen LogP contribution in [0, 0.1) is 18.2 Å². The molecule has 0 aliphatic carbocycles. The van der Waals surface area contributed by atoms with Crippen molar-refractivity contribution < 1.29 is 27.8 Å². The summed E-state index contributed by atoms with van der Waals surface area (Å²) in [5.74, 6) is 1.32. The van der Waals surface area contributed by atoms with Gasteiger partial charge in [0.2, 0.25) is 5.95 Å². The number of ether oxygens (including phenoxy) is 2. The quantitative estimate of drug-likeness (QED) is 0.341. The minimum atomic E-state index is -0.937. The number of aromatic hydroxyl groups is 1. The van der Waals surface area contributed by atoms with Crippen LogP contribution in [0.3, 0.4) is 0 Å². The van der Waals surface area contributed by atoms with Crippen molar-refractivity contribution >= 4 is 28.6 Å². The van der Waals surface area contributed by atoms with Gasteiger partial charge in [-0.3, -0.25) is 10.2 Å². The largest absolute Gasteiger partial charge is 0.508 e. The number of nitrogens with zero attached hydrogens (tertiary/aromatic N) is 5. The summed E-state index contributed by atoms with van der Waals surface area (Å²) in [6.07, 6.45) is 8.14. The van der Waals surface area contributed by atoms with Gasteiger partial charge in [0.15, 0.2) is 0 Å². The Morgan fingerprint density at radius 3 is 2.91 bits per heavy atom. The van der Waals surface area contributed by atoms with Gasteiger partial charge in [0, 0.05) is 43.5 Å². The molecule has 0 radical (unpaired) electrons. The van der Waals surface area contributed by atoms with Crippen LogP contribution < -0.4 is 15.8 Å². The Labute approximate surface area is 257 Å². The molecular weight excluding hydrogens is 585 g/mol. The van der Waals surface area contributed by atoms with Gasteiger partial charge in [-0.2, -0.15) is 14.5 Å². The number of hydrogen-bond donors (Lipinski definition) is 2. The lowest BCUT2D eigenvalue weighted by atomic mass is 9.95. The molecule has 232 valence electrons. The van der Waals surface area contributed by atoms with Gasteiger partial charge in [-0.05, 0) is 49.4 Å². The number of aliphatic imine (C=N–C) groups is 1. The van der Waals surface area contributed by atoms with Gasteiger partial charge in [0.25, 0.3) is 6.02 Å². The van der Waals surface area contributed by atoms with E-state index in [2.05, 4.69) is 31.2 Å². The van der Waals surface area contributed by atoms with E-state index < -0.39 is 23.5 Å².